The smallest absolute Gasteiger partial charge is 0.223 e. The molecule has 16 heavy (non-hydrogen) atoms. The van der Waals surface area contributed by atoms with Gasteiger partial charge in [0.25, 0.3) is 0 Å². The maximum absolute atomic E-state index is 12.3. The Morgan fingerprint density at radius 2 is 1.44 bits per heavy atom. The topological polar surface area (TPSA) is 20.3 Å². The van der Waals surface area contributed by atoms with E-state index in [2.05, 4.69) is 53.4 Å². The van der Waals surface area contributed by atoms with E-state index in [0.29, 0.717) is 24.4 Å². The van der Waals surface area contributed by atoms with E-state index in [1.165, 1.54) is 0 Å². The summed E-state index contributed by atoms with van der Waals surface area (Å²) < 4.78 is 0. The van der Waals surface area contributed by atoms with Crippen molar-refractivity contribution in [3.05, 3.63) is 0 Å². The minimum absolute atomic E-state index is 0.0796. The van der Waals surface area contributed by atoms with Crippen LogP contribution in [-0.4, -0.2) is 22.9 Å². The average molecular weight is 227 g/mol. The SMILES string of the molecule is CCC(C)N(C(=O)CC(C)(C)C)C(C)CC. The van der Waals surface area contributed by atoms with Crippen molar-refractivity contribution in [1.29, 1.82) is 0 Å². The van der Waals surface area contributed by atoms with Crippen LogP contribution in [0.5, 0.6) is 0 Å². The molecule has 0 radical (unpaired) electrons. The van der Waals surface area contributed by atoms with Crippen molar-refractivity contribution >= 4 is 5.91 Å². The molecule has 0 aliphatic heterocycles. The molecular weight excluding hydrogens is 198 g/mol. The van der Waals surface area contributed by atoms with Crippen LogP contribution in [0.15, 0.2) is 0 Å². The Balaban J connectivity index is 4.70. The molecule has 96 valence electrons. The Kier molecular flexibility index (Phi) is 6.06. The molecule has 0 N–H and O–H groups in total. The molecular formula is C14H29NO. The second kappa shape index (κ2) is 6.27. The number of rotatable bonds is 5. The molecule has 0 bridgehead atoms. The lowest BCUT2D eigenvalue weighted by Gasteiger charge is -2.36. The van der Waals surface area contributed by atoms with Crippen LogP contribution in [0.2, 0.25) is 0 Å². The number of amides is 1. The molecule has 0 heterocycles. The second-order valence-corrected chi connectivity index (χ2v) is 6.05. The van der Waals surface area contributed by atoms with Gasteiger partial charge in [-0.3, -0.25) is 4.79 Å². The Labute approximate surface area is 101 Å². The highest BCUT2D eigenvalue weighted by molar-refractivity contribution is 5.77. The van der Waals surface area contributed by atoms with Crippen molar-refractivity contribution in [2.45, 2.75) is 79.8 Å². The van der Waals surface area contributed by atoms with Gasteiger partial charge in [0.1, 0.15) is 0 Å². The first-order valence-electron chi connectivity index (χ1n) is 6.54. The van der Waals surface area contributed by atoms with Gasteiger partial charge in [-0.15, -0.1) is 0 Å². The van der Waals surface area contributed by atoms with Crippen molar-refractivity contribution in [2.24, 2.45) is 5.41 Å². The molecule has 2 nitrogen and oxygen atoms in total. The van der Waals surface area contributed by atoms with Gasteiger partial charge in [-0.25, -0.2) is 0 Å². The quantitative estimate of drug-likeness (QED) is 0.698. The van der Waals surface area contributed by atoms with E-state index in [1.807, 2.05) is 0 Å². The third-order valence-corrected chi connectivity index (χ3v) is 3.10. The molecule has 0 fully saturated rings. The van der Waals surface area contributed by atoms with Gasteiger partial charge < -0.3 is 4.90 Å². The molecule has 0 aromatic heterocycles. The van der Waals surface area contributed by atoms with Crippen LogP contribution in [0.25, 0.3) is 0 Å². The summed E-state index contributed by atoms with van der Waals surface area (Å²) in [5.41, 5.74) is 0.0796. The first-order chi connectivity index (χ1) is 7.22. The monoisotopic (exact) mass is 227 g/mol. The molecule has 1 amide bonds. The number of hydrogen-bond acceptors (Lipinski definition) is 1. The molecule has 0 rings (SSSR count). The Morgan fingerprint density at radius 3 is 1.69 bits per heavy atom. The molecule has 2 unspecified atom stereocenters. The molecule has 0 spiro atoms. The van der Waals surface area contributed by atoms with Crippen molar-refractivity contribution in [3.63, 3.8) is 0 Å². The number of hydrogen-bond donors (Lipinski definition) is 0. The Hall–Kier alpha value is -0.530. The van der Waals surface area contributed by atoms with Gasteiger partial charge in [-0.1, -0.05) is 34.6 Å². The van der Waals surface area contributed by atoms with Gasteiger partial charge in [0.15, 0.2) is 0 Å². The van der Waals surface area contributed by atoms with Crippen LogP contribution >= 0.6 is 0 Å². The van der Waals surface area contributed by atoms with Gasteiger partial charge in [0, 0.05) is 18.5 Å². The fourth-order valence-corrected chi connectivity index (χ4v) is 1.86. The maximum Gasteiger partial charge on any atom is 0.223 e. The largest absolute Gasteiger partial charge is 0.337 e. The summed E-state index contributed by atoms with van der Waals surface area (Å²) in [5.74, 6) is 0.302. The Bertz CT molecular complexity index is 207. The first kappa shape index (κ1) is 15.5. The lowest BCUT2D eigenvalue weighted by molar-refractivity contribution is -0.137. The lowest BCUT2D eigenvalue weighted by Crippen LogP contribution is -2.45. The van der Waals surface area contributed by atoms with Crippen molar-refractivity contribution < 1.29 is 4.79 Å². The van der Waals surface area contributed by atoms with Gasteiger partial charge in [0.2, 0.25) is 5.91 Å². The molecule has 0 saturated carbocycles. The summed E-state index contributed by atoms with van der Waals surface area (Å²) in [6.07, 6.45) is 2.70. The lowest BCUT2D eigenvalue weighted by atomic mass is 9.91. The van der Waals surface area contributed by atoms with Crippen LogP contribution in [0.1, 0.15) is 67.7 Å². The summed E-state index contributed by atoms with van der Waals surface area (Å²) in [5, 5.41) is 0. The van der Waals surface area contributed by atoms with Gasteiger partial charge in [-0.05, 0) is 32.1 Å². The average Bonchev–Trinajstić information content (AvgIpc) is 2.14. The number of nitrogens with zero attached hydrogens (tertiary/aromatic N) is 1. The predicted octanol–water partition coefficient (Wildman–Crippen LogP) is 3.85. The van der Waals surface area contributed by atoms with Gasteiger partial charge >= 0.3 is 0 Å². The fraction of sp³-hybridized carbons (Fsp3) is 0.929. The zero-order valence-corrected chi connectivity index (χ0v) is 12.1. The minimum atomic E-state index is 0.0796. The standard InChI is InChI=1S/C14H29NO/c1-8-11(3)15(12(4)9-2)13(16)10-14(5,6)7/h11-12H,8-10H2,1-7H3. The van der Waals surface area contributed by atoms with E-state index in [-0.39, 0.29) is 5.41 Å². The van der Waals surface area contributed by atoms with E-state index in [9.17, 15) is 4.79 Å². The fourth-order valence-electron chi connectivity index (χ4n) is 1.86. The van der Waals surface area contributed by atoms with E-state index in [4.69, 9.17) is 0 Å². The van der Waals surface area contributed by atoms with Crippen molar-refractivity contribution in [2.75, 3.05) is 0 Å². The highest BCUT2D eigenvalue weighted by Gasteiger charge is 2.26. The summed E-state index contributed by atoms with van der Waals surface area (Å²) in [6, 6.07) is 0.703. The third kappa shape index (κ3) is 5.00. The highest BCUT2D eigenvalue weighted by atomic mass is 16.2. The highest BCUT2D eigenvalue weighted by Crippen LogP contribution is 2.23. The second-order valence-electron chi connectivity index (χ2n) is 6.05. The van der Waals surface area contributed by atoms with Crippen LogP contribution in [-0.2, 0) is 4.79 Å². The summed E-state index contributed by atoms with van der Waals surface area (Å²) >= 11 is 0. The van der Waals surface area contributed by atoms with E-state index < -0.39 is 0 Å². The molecule has 0 saturated heterocycles. The molecule has 2 atom stereocenters. The molecule has 0 aliphatic carbocycles. The molecule has 0 aliphatic rings. The number of carbonyl (C=O) groups is 1. The molecule has 2 heteroatoms. The van der Waals surface area contributed by atoms with Gasteiger partial charge in [-0.2, -0.15) is 0 Å². The first-order valence-corrected chi connectivity index (χ1v) is 6.54. The van der Waals surface area contributed by atoms with Crippen LogP contribution < -0.4 is 0 Å². The van der Waals surface area contributed by atoms with E-state index >= 15 is 0 Å². The maximum atomic E-state index is 12.3. The summed E-state index contributed by atoms with van der Waals surface area (Å²) in [7, 11) is 0. The number of carbonyl (C=O) groups excluding carboxylic acids is 1. The third-order valence-electron chi connectivity index (χ3n) is 3.10. The minimum Gasteiger partial charge on any atom is -0.337 e. The van der Waals surface area contributed by atoms with Crippen LogP contribution in [0.3, 0.4) is 0 Å². The van der Waals surface area contributed by atoms with E-state index in [1.54, 1.807) is 0 Å². The van der Waals surface area contributed by atoms with Crippen LogP contribution in [0, 0.1) is 5.41 Å². The normalized spacial score (nSPS) is 15.7. The van der Waals surface area contributed by atoms with Gasteiger partial charge in [0.05, 0.1) is 0 Å². The van der Waals surface area contributed by atoms with Crippen molar-refractivity contribution in [1.82, 2.24) is 4.90 Å². The molecule has 0 aromatic carbocycles. The predicted molar refractivity (Wildman–Crippen MR) is 70.4 cm³/mol. The zero-order chi connectivity index (χ0) is 12.9. The Morgan fingerprint density at radius 1 is 1.06 bits per heavy atom. The summed E-state index contributed by atoms with van der Waals surface area (Å²) in [6.45, 7) is 14.9. The van der Waals surface area contributed by atoms with Crippen molar-refractivity contribution in [3.8, 4) is 0 Å². The van der Waals surface area contributed by atoms with E-state index in [0.717, 1.165) is 12.8 Å². The molecule has 0 aromatic rings. The zero-order valence-electron chi connectivity index (χ0n) is 12.1. The summed E-state index contributed by atoms with van der Waals surface area (Å²) in [4.78, 5) is 14.4. The van der Waals surface area contributed by atoms with Crippen LogP contribution in [0.4, 0.5) is 0 Å².